The minimum atomic E-state index is -0.849. The number of hydrogen-bond acceptors (Lipinski definition) is 1. The van der Waals surface area contributed by atoms with Gasteiger partial charge in [-0.05, 0) is 36.1 Å². The van der Waals surface area contributed by atoms with Crippen LogP contribution in [-0.2, 0) is 16.6 Å². The summed E-state index contributed by atoms with van der Waals surface area (Å²) < 4.78 is 0. The molecule has 0 saturated heterocycles. The van der Waals surface area contributed by atoms with Crippen LogP contribution in [0.3, 0.4) is 0 Å². The predicted molar refractivity (Wildman–Crippen MR) is 82.0 cm³/mol. The van der Waals surface area contributed by atoms with E-state index in [0.717, 1.165) is 23.1 Å². The third-order valence-electron chi connectivity index (χ3n) is 4.16. The largest absolute Gasteiger partial charge is 0.481 e. The number of rotatable bonds is 2. The van der Waals surface area contributed by atoms with Crippen LogP contribution < -0.4 is 0 Å². The van der Waals surface area contributed by atoms with E-state index in [2.05, 4.69) is 11.8 Å². The summed E-state index contributed by atoms with van der Waals surface area (Å²) in [5.74, 6) is 5.38. The Bertz CT molecular complexity index is 722. The van der Waals surface area contributed by atoms with Crippen LogP contribution in [0.5, 0.6) is 0 Å². The van der Waals surface area contributed by atoms with E-state index < -0.39 is 11.4 Å². The molecule has 0 saturated carbocycles. The van der Waals surface area contributed by atoms with Crippen molar-refractivity contribution in [2.24, 2.45) is 0 Å². The number of aryl methyl sites for hydroxylation is 1. The summed E-state index contributed by atoms with van der Waals surface area (Å²) in [6.45, 7) is 0. The highest BCUT2D eigenvalue weighted by Crippen LogP contribution is 2.41. The molecule has 0 spiro atoms. The fourth-order valence-electron chi connectivity index (χ4n) is 2.99. The number of aliphatic carboxylic acids is 1. The molecule has 3 rings (SSSR count). The molecule has 2 aromatic carbocycles. The van der Waals surface area contributed by atoms with Gasteiger partial charge in [0.05, 0.1) is 0 Å². The fraction of sp³-hybridized carbons (Fsp3) is 0.211. The molecule has 1 atom stereocenters. The van der Waals surface area contributed by atoms with Gasteiger partial charge in [0, 0.05) is 12.0 Å². The molecule has 104 valence electrons. The first-order valence-corrected chi connectivity index (χ1v) is 7.08. The van der Waals surface area contributed by atoms with Crippen LogP contribution in [0, 0.1) is 11.8 Å². The van der Waals surface area contributed by atoms with Crippen molar-refractivity contribution in [2.75, 3.05) is 0 Å². The lowest BCUT2D eigenvalue weighted by Crippen LogP contribution is -2.33. The van der Waals surface area contributed by atoms with Crippen molar-refractivity contribution in [3.8, 4) is 11.8 Å². The van der Waals surface area contributed by atoms with Crippen molar-refractivity contribution >= 4 is 5.97 Å². The van der Waals surface area contributed by atoms with Gasteiger partial charge in [-0.3, -0.25) is 4.79 Å². The fourth-order valence-corrected chi connectivity index (χ4v) is 2.99. The highest BCUT2D eigenvalue weighted by molar-refractivity contribution is 5.83. The number of benzene rings is 2. The lowest BCUT2D eigenvalue weighted by molar-refractivity contribution is -0.143. The average Bonchev–Trinajstić information content (AvgIpc) is 2.89. The molecule has 21 heavy (non-hydrogen) atoms. The van der Waals surface area contributed by atoms with Gasteiger partial charge < -0.3 is 5.11 Å². The van der Waals surface area contributed by atoms with Crippen molar-refractivity contribution in [1.82, 2.24) is 0 Å². The van der Waals surface area contributed by atoms with Crippen molar-refractivity contribution in [1.29, 1.82) is 0 Å². The smallest absolute Gasteiger partial charge is 0.315 e. The second-order valence-electron chi connectivity index (χ2n) is 5.39. The molecule has 0 heterocycles. The second-order valence-corrected chi connectivity index (χ2v) is 5.39. The van der Waals surface area contributed by atoms with Gasteiger partial charge in [0.1, 0.15) is 5.41 Å². The number of carboxylic acid groups (broad SMARTS) is 1. The maximum absolute atomic E-state index is 11.9. The van der Waals surface area contributed by atoms with E-state index in [-0.39, 0.29) is 0 Å². The van der Waals surface area contributed by atoms with Gasteiger partial charge in [-0.2, -0.15) is 0 Å². The lowest BCUT2D eigenvalue weighted by atomic mass is 9.79. The van der Waals surface area contributed by atoms with Crippen LogP contribution in [0.25, 0.3) is 0 Å². The normalized spacial score (nSPS) is 19.4. The van der Waals surface area contributed by atoms with Gasteiger partial charge in [-0.1, -0.05) is 54.3 Å². The Hall–Kier alpha value is -2.53. The summed E-state index contributed by atoms with van der Waals surface area (Å²) in [7, 11) is 0. The molecule has 0 aromatic heterocycles. The zero-order valence-electron chi connectivity index (χ0n) is 11.7. The molecule has 0 radical (unpaired) electrons. The SMILES string of the molecule is O=C(O)C1(CC#Cc2ccccc2)CCc2ccccc21. The molecule has 1 aliphatic rings. The third kappa shape index (κ3) is 2.43. The lowest BCUT2D eigenvalue weighted by Gasteiger charge is -2.22. The summed E-state index contributed by atoms with van der Waals surface area (Å²) >= 11 is 0. The van der Waals surface area contributed by atoms with Gasteiger partial charge in [0.25, 0.3) is 0 Å². The van der Waals surface area contributed by atoms with Crippen molar-refractivity contribution in [2.45, 2.75) is 24.7 Å². The van der Waals surface area contributed by atoms with Gasteiger partial charge in [-0.15, -0.1) is 0 Å². The molecular weight excluding hydrogens is 260 g/mol. The van der Waals surface area contributed by atoms with Crippen molar-refractivity contribution in [3.05, 3.63) is 71.3 Å². The maximum Gasteiger partial charge on any atom is 0.315 e. The highest BCUT2D eigenvalue weighted by atomic mass is 16.4. The Morgan fingerprint density at radius 1 is 1.10 bits per heavy atom. The van der Waals surface area contributed by atoms with Crippen molar-refractivity contribution < 1.29 is 9.90 Å². The van der Waals surface area contributed by atoms with Crippen LogP contribution >= 0.6 is 0 Å². The summed E-state index contributed by atoms with van der Waals surface area (Å²) in [6, 6.07) is 17.5. The number of hydrogen-bond donors (Lipinski definition) is 1. The van der Waals surface area contributed by atoms with Crippen LogP contribution in [0.1, 0.15) is 29.5 Å². The summed E-state index contributed by atoms with van der Waals surface area (Å²) in [4.78, 5) is 11.9. The predicted octanol–water partition coefficient (Wildman–Crippen LogP) is 3.40. The highest BCUT2D eigenvalue weighted by Gasteiger charge is 2.44. The van der Waals surface area contributed by atoms with E-state index in [1.54, 1.807) is 0 Å². The van der Waals surface area contributed by atoms with Gasteiger partial charge in [-0.25, -0.2) is 0 Å². The van der Waals surface area contributed by atoms with Crippen LogP contribution in [0.15, 0.2) is 54.6 Å². The zero-order chi connectivity index (χ0) is 14.7. The molecule has 2 aromatic rings. The molecule has 1 N–H and O–H groups in total. The van der Waals surface area contributed by atoms with E-state index in [9.17, 15) is 9.90 Å². The first kappa shape index (κ1) is 13.5. The molecule has 1 aliphatic carbocycles. The number of carboxylic acids is 1. The van der Waals surface area contributed by atoms with E-state index >= 15 is 0 Å². The van der Waals surface area contributed by atoms with Crippen LogP contribution in [-0.4, -0.2) is 11.1 Å². The Balaban J connectivity index is 1.91. The van der Waals surface area contributed by atoms with Gasteiger partial charge in [0.15, 0.2) is 0 Å². The standard InChI is InChI=1S/C19H16O2/c20-18(21)19(13-6-9-15-7-2-1-3-8-15)14-12-16-10-4-5-11-17(16)19/h1-5,7-8,10-11H,12-14H2,(H,20,21). The van der Waals surface area contributed by atoms with E-state index in [0.29, 0.717) is 12.8 Å². The monoisotopic (exact) mass is 276 g/mol. The van der Waals surface area contributed by atoms with Crippen LogP contribution in [0.4, 0.5) is 0 Å². The summed E-state index contributed by atoms with van der Waals surface area (Å²) in [5, 5.41) is 9.74. The molecule has 2 heteroatoms. The van der Waals surface area contributed by atoms with E-state index in [4.69, 9.17) is 0 Å². The van der Waals surface area contributed by atoms with Gasteiger partial charge in [0.2, 0.25) is 0 Å². The van der Waals surface area contributed by atoms with Gasteiger partial charge >= 0.3 is 5.97 Å². The first-order valence-electron chi connectivity index (χ1n) is 7.08. The number of fused-ring (bicyclic) bond motifs is 1. The third-order valence-corrected chi connectivity index (χ3v) is 4.16. The molecule has 0 aliphatic heterocycles. The quantitative estimate of drug-likeness (QED) is 0.854. The average molecular weight is 276 g/mol. The Morgan fingerprint density at radius 2 is 1.81 bits per heavy atom. The maximum atomic E-state index is 11.9. The second kappa shape index (κ2) is 5.46. The first-order chi connectivity index (χ1) is 10.2. The number of carbonyl (C=O) groups is 1. The molecule has 0 amide bonds. The van der Waals surface area contributed by atoms with Crippen LogP contribution in [0.2, 0.25) is 0 Å². The molecule has 0 bridgehead atoms. The van der Waals surface area contributed by atoms with E-state index in [1.165, 1.54) is 0 Å². The molecule has 0 fully saturated rings. The molecular formula is C19H16O2. The summed E-state index contributed by atoms with van der Waals surface area (Å²) in [5.41, 5.74) is 2.14. The van der Waals surface area contributed by atoms with Crippen molar-refractivity contribution in [3.63, 3.8) is 0 Å². The minimum Gasteiger partial charge on any atom is -0.481 e. The summed E-state index contributed by atoms with van der Waals surface area (Å²) in [6.07, 6.45) is 1.80. The Kier molecular flexibility index (Phi) is 3.50. The topological polar surface area (TPSA) is 37.3 Å². The van der Waals surface area contributed by atoms with E-state index in [1.807, 2.05) is 54.6 Å². The Morgan fingerprint density at radius 3 is 2.57 bits per heavy atom. The molecule has 1 unspecified atom stereocenters. The minimum absolute atomic E-state index is 0.355. The Labute approximate surface area is 124 Å². The zero-order valence-corrected chi connectivity index (χ0v) is 11.7. The molecule has 2 nitrogen and oxygen atoms in total.